The Morgan fingerprint density at radius 3 is 2.50 bits per heavy atom. The molecule has 0 aromatic heterocycles. The summed E-state index contributed by atoms with van der Waals surface area (Å²) in [6, 6.07) is 4.66. The molecule has 2 saturated heterocycles. The number of fused-ring (bicyclic) bond motifs is 1. The number of nitrogens with zero attached hydrogens (tertiary/aromatic N) is 2. The summed E-state index contributed by atoms with van der Waals surface area (Å²) in [5.41, 5.74) is 0.393. The molecule has 24 heavy (non-hydrogen) atoms. The molecule has 0 spiro atoms. The summed E-state index contributed by atoms with van der Waals surface area (Å²) in [7, 11) is 1.78. The maximum absolute atomic E-state index is 13.1. The zero-order valence-electron chi connectivity index (χ0n) is 14.1. The van der Waals surface area contributed by atoms with Crippen LogP contribution in [0.2, 0.25) is 0 Å². The predicted octanol–water partition coefficient (Wildman–Crippen LogP) is 0.257. The monoisotopic (exact) mass is 354 g/mol. The normalized spacial score (nSPS) is 26.0. The van der Waals surface area contributed by atoms with Crippen LogP contribution in [-0.2, 0) is 9.84 Å². The molecule has 1 aromatic rings. The zero-order chi connectivity index (χ0) is 17.5. The Kier molecular flexibility index (Phi) is 4.44. The number of carbonyl (C=O) groups excluding carboxylic acids is 1. The smallest absolute Gasteiger partial charge is 0.258 e. The fraction of sp³-hybridized carbons (Fsp3) is 0.562. The van der Waals surface area contributed by atoms with E-state index in [-0.39, 0.29) is 29.5 Å². The highest BCUT2D eigenvalue weighted by Gasteiger charge is 2.47. The molecule has 1 aromatic carbocycles. The number of sulfone groups is 1. The highest BCUT2D eigenvalue weighted by atomic mass is 32.2. The maximum atomic E-state index is 13.1. The second-order valence-electron chi connectivity index (χ2n) is 6.23. The van der Waals surface area contributed by atoms with E-state index in [1.807, 2.05) is 11.9 Å². The van der Waals surface area contributed by atoms with Crippen LogP contribution in [0.25, 0.3) is 0 Å². The Balaban J connectivity index is 1.96. The first-order chi connectivity index (χ1) is 11.4. The third-order valence-corrected chi connectivity index (χ3v) is 6.55. The van der Waals surface area contributed by atoms with Crippen molar-refractivity contribution in [2.24, 2.45) is 0 Å². The van der Waals surface area contributed by atoms with Gasteiger partial charge in [-0.25, -0.2) is 8.42 Å². The molecule has 0 aliphatic carbocycles. The summed E-state index contributed by atoms with van der Waals surface area (Å²) in [5.74, 6) is 0.757. The predicted molar refractivity (Wildman–Crippen MR) is 89.4 cm³/mol. The van der Waals surface area contributed by atoms with Crippen LogP contribution in [-0.4, -0.2) is 82.1 Å². The molecule has 0 bridgehead atoms. The van der Waals surface area contributed by atoms with E-state index >= 15 is 0 Å². The lowest BCUT2D eigenvalue weighted by Gasteiger charge is -2.42. The van der Waals surface area contributed by atoms with E-state index in [1.54, 1.807) is 23.1 Å². The Labute approximate surface area is 142 Å². The van der Waals surface area contributed by atoms with E-state index in [0.717, 1.165) is 0 Å². The number of rotatable bonds is 3. The first-order valence-electron chi connectivity index (χ1n) is 7.80. The zero-order valence-corrected chi connectivity index (χ0v) is 14.9. The number of hydrogen-bond acceptors (Lipinski definition) is 6. The number of methoxy groups -OCH3 is 2. The first-order valence-corrected chi connectivity index (χ1v) is 9.62. The van der Waals surface area contributed by atoms with Crippen LogP contribution in [0.15, 0.2) is 18.2 Å². The molecular weight excluding hydrogens is 332 g/mol. The van der Waals surface area contributed by atoms with Gasteiger partial charge in [0.25, 0.3) is 5.91 Å². The fourth-order valence-electron chi connectivity index (χ4n) is 3.59. The summed E-state index contributed by atoms with van der Waals surface area (Å²) in [4.78, 5) is 16.8. The van der Waals surface area contributed by atoms with Crippen molar-refractivity contribution in [3.63, 3.8) is 0 Å². The van der Waals surface area contributed by atoms with E-state index in [4.69, 9.17) is 9.47 Å². The van der Waals surface area contributed by atoms with Gasteiger partial charge >= 0.3 is 0 Å². The van der Waals surface area contributed by atoms with Crippen LogP contribution < -0.4 is 9.47 Å². The minimum atomic E-state index is -3.13. The van der Waals surface area contributed by atoms with Crippen molar-refractivity contribution in [3.05, 3.63) is 23.8 Å². The minimum Gasteiger partial charge on any atom is -0.493 e. The molecule has 2 heterocycles. The largest absolute Gasteiger partial charge is 0.493 e. The van der Waals surface area contributed by atoms with Gasteiger partial charge in [-0.15, -0.1) is 0 Å². The molecule has 2 aliphatic rings. The fourth-order valence-corrected chi connectivity index (χ4v) is 5.64. The molecule has 1 amide bonds. The second-order valence-corrected chi connectivity index (χ2v) is 8.39. The third kappa shape index (κ3) is 2.84. The summed E-state index contributed by atoms with van der Waals surface area (Å²) in [6.07, 6.45) is 0. The van der Waals surface area contributed by atoms with Crippen LogP contribution in [0.5, 0.6) is 11.5 Å². The second kappa shape index (κ2) is 6.25. The Morgan fingerprint density at radius 1 is 1.12 bits per heavy atom. The van der Waals surface area contributed by atoms with E-state index in [0.29, 0.717) is 30.2 Å². The van der Waals surface area contributed by atoms with Crippen molar-refractivity contribution in [2.45, 2.75) is 12.1 Å². The van der Waals surface area contributed by atoms with Gasteiger partial charge in [0.05, 0.1) is 37.3 Å². The first kappa shape index (κ1) is 17.0. The summed E-state index contributed by atoms with van der Waals surface area (Å²) < 4.78 is 34.7. The van der Waals surface area contributed by atoms with Crippen LogP contribution in [0.1, 0.15) is 10.4 Å². The number of piperazine rings is 1. The van der Waals surface area contributed by atoms with Crippen molar-refractivity contribution >= 4 is 15.7 Å². The lowest BCUT2D eigenvalue weighted by molar-refractivity contribution is 0.0407. The molecular formula is C16H22N2O5S. The molecule has 3 rings (SSSR count). The number of likely N-dealkylation sites (N-methyl/N-ethyl adjacent to an activating group) is 1. The lowest BCUT2D eigenvalue weighted by Crippen LogP contribution is -2.59. The van der Waals surface area contributed by atoms with E-state index in [9.17, 15) is 13.2 Å². The molecule has 132 valence electrons. The molecule has 0 radical (unpaired) electrons. The van der Waals surface area contributed by atoms with Crippen LogP contribution in [0.3, 0.4) is 0 Å². The average Bonchev–Trinajstić information content (AvgIpc) is 2.89. The molecule has 2 atom stereocenters. The molecule has 2 fully saturated rings. The van der Waals surface area contributed by atoms with Gasteiger partial charge in [-0.1, -0.05) is 6.07 Å². The van der Waals surface area contributed by atoms with Crippen LogP contribution >= 0.6 is 0 Å². The Bertz CT molecular complexity index is 749. The van der Waals surface area contributed by atoms with E-state index in [1.165, 1.54) is 14.2 Å². The van der Waals surface area contributed by atoms with Crippen molar-refractivity contribution in [3.8, 4) is 11.5 Å². The quantitative estimate of drug-likeness (QED) is 0.775. The van der Waals surface area contributed by atoms with Crippen molar-refractivity contribution in [1.82, 2.24) is 9.80 Å². The van der Waals surface area contributed by atoms with Crippen molar-refractivity contribution in [1.29, 1.82) is 0 Å². The average molecular weight is 354 g/mol. The summed E-state index contributed by atoms with van der Waals surface area (Å²) in [5, 5.41) is 0. The number of para-hydroxylation sites is 1. The van der Waals surface area contributed by atoms with Gasteiger partial charge in [-0.2, -0.15) is 0 Å². The van der Waals surface area contributed by atoms with E-state index in [2.05, 4.69) is 0 Å². The molecule has 0 saturated carbocycles. The van der Waals surface area contributed by atoms with Gasteiger partial charge in [-0.3, -0.25) is 9.69 Å². The topological polar surface area (TPSA) is 76.2 Å². The standard InChI is InChI=1S/C16H22N2O5S/c1-17-7-8-18(13-10-24(20,21)9-12(13)17)16(19)11-5-4-6-14(22-2)15(11)23-3/h4-6,12-13H,7-10H2,1-3H3/t12-,13+/m1/s1. The molecule has 2 aliphatic heterocycles. The van der Waals surface area contributed by atoms with Gasteiger partial charge < -0.3 is 14.4 Å². The van der Waals surface area contributed by atoms with Crippen LogP contribution in [0, 0.1) is 0 Å². The van der Waals surface area contributed by atoms with Gasteiger partial charge in [0.1, 0.15) is 0 Å². The van der Waals surface area contributed by atoms with Gasteiger partial charge in [0.15, 0.2) is 21.3 Å². The Morgan fingerprint density at radius 2 is 1.83 bits per heavy atom. The molecule has 7 nitrogen and oxygen atoms in total. The van der Waals surface area contributed by atoms with Crippen molar-refractivity contribution in [2.75, 3.05) is 45.9 Å². The van der Waals surface area contributed by atoms with Gasteiger partial charge in [0, 0.05) is 19.1 Å². The number of benzene rings is 1. The van der Waals surface area contributed by atoms with E-state index < -0.39 is 9.84 Å². The lowest BCUT2D eigenvalue weighted by atomic mass is 10.0. The molecule has 0 unspecified atom stereocenters. The highest BCUT2D eigenvalue weighted by molar-refractivity contribution is 7.91. The van der Waals surface area contributed by atoms with Gasteiger partial charge in [0.2, 0.25) is 0 Å². The number of ether oxygens (including phenoxy) is 2. The minimum absolute atomic E-state index is 0.0139. The van der Waals surface area contributed by atoms with Crippen molar-refractivity contribution < 1.29 is 22.7 Å². The number of carbonyl (C=O) groups is 1. The summed E-state index contributed by atoms with van der Waals surface area (Å²) in [6.45, 7) is 1.14. The number of amides is 1. The van der Waals surface area contributed by atoms with Crippen LogP contribution in [0.4, 0.5) is 0 Å². The van der Waals surface area contributed by atoms with Gasteiger partial charge in [-0.05, 0) is 19.2 Å². The number of hydrogen-bond donors (Lipinski definition) is 0. The molecule has 8 heteroatoms. The maximum Gasteiger partial charge on any atom is 0.258 e. The molecule has 0 N–H and O–H groups in total. The highest BCUT2D eigenvalue weighted by Crippen LogP contribution is 2.34. The summed E-state index contributed by atoms with van der Waals surface area (Å²) >= 11 is 0. The Hall–Kier alpha value is -1.80. The SMILES string of the molecule is COc1cccc(C(=O)N2CCN(C)[C@@H]3CS(=O)(=O)C[C@@H]32)c1OC. The third-order valence-electron chi connectivity index (χ3n) is 4.85.